The van der Waals surface area contributed by atoms with Gasteiger partial charge in [0, 0.05) is 19.1 Å². The van der Waals surface area contributed by atoms with E-state index in [0.717, 1.165) is 23.8 Å². The fraction of sp³-hybridized carbons (Fsp3) is 0.818. The average Bonchev–Trinajstić information content (AvgIpc) is 2.90. The van der Waals surface area contributed by atoms with E-state index < -0.39 is 0 Å². The number of H-pyrrole nitrogens is 1. The lowest BCUT2D eigenvalue weighted by atomic mass is 10.2. The van der Waals surface area contributed by atoms with Crippen LogP contribution >= 0.6 is 12.2 Å². The van der Waals surface area contributed by atoms with E-state index in [9.17, 15) is 0 Å². The molecule has 0 unspecified atom stereocenters. The molecule has 0 aliphatic heterocycles. The summed E-state index contributed by atoms with van der Waals surface area (Å²) < 4.78 is 2.81. The van der Waals surface area contributed by atoms with Gasteiger partial charge in [0.1, 0.15) is 0 Å². The van der Waals surface area contributed by atoms with Gasteiger partial charge in [-0.2, -0.15) is 0 Å². The van der Waals surface area contributed by atoms with Crippen LogP contribution in [0.25, 0.3) is 0 Å². The molecule has 16 heavy (non-hydrogen) atoms. The number of rotatable bonds is 4. The first-order chi connectivity index (χ1) is 7.77. The third-order valence-electron chi connectivity index (χ3n) is 3.42. The number of aromatic amines is 1. The van der Waals surface area contributed by atoms with E-state index in [1.807, 2.05) is 0 Å². The van der Waals surface area contributed by atoms with E-state index in [0.29, 0.717) is 6.04 Å². The van der Waals surface area contributed by atoms with Gasteiger partial charge in [-0.3, -0.25) is 4.57 Å². The van der Waals surface area contributed by atoms with Gasteiger partial charge in [-0.25, -0.2) is 5.10 Å². The molecule has 1 aromatic heterocycles. The highest BCUT2D eigenvalue weighted by molar-refractivity contribution is 7.71. The van der Waals surface area contributed by atoms with Crippen molar-refractivity contribution in [3.63, 3.8) is 0 Å². The Morgan fingerprint density at radius 3 is 2.69 bits per heavy atom. The van der Waals surface area contributed by atoms with Crippen LogP contribution in [-0.4, -0.2) is 27.4 Å². The van der Waals surface area contributed by atoms with Crippen molar-refractivity contribution in [2.24, 2.45) is 0 Å². The molecule has 0 spiro atoms. The minimum Gasteiger partial charge on any atom is -0.338 e. The molecule has 0 aromatic carbocycles. The molecule has 4 nitrogen and oxygen atoms in total. The molecule has 1 heterocycles. The summed E-state index contributed by atoms with van der Waals surface area (Å²) in [5.41, 5.74) is 0. The molecule has 1 fully saturated rings. The molecule has 0 bridgehead atoms. The average molecular weight is 240 g/mol. The molecule has 5 heteroatoms. The highest BCUT2D eigenvalue weighted by atomic mass is 32.1. The zero-order valence-electron chi connectivity index (χ0n) is 10.1. The van der Waals surface area contributed by atoms with Crippen molar-refractivity contribution in [1.82, 2.24) is 14.8 Å². The van der Waals surface area contributed by atoms with Crippen LogP contribution in [0.3, 0.4) is 0 Å². The van der Waals surface area contributed by atoms with Crippen molar-refractivity contribution >= 4 is 18.2 Å². The minimum atomic E-state index is 0.653. The summed E-state index contributed by atoms with van der Waals surface area (Å²) in [5, 5.41) is 7.27. The summed E-state index contributed by atoms with van der Waals surface area (Å²) in [6.07, 6.45) is 5.27. The van der Waals surface area contributed by atoms with Gasteiger partial charge >= 0.3 is 0 Å². The summed E-state index contributed by atoms with van der Waals surface area (Å²) in [5.74, 6) is 1.02. The van der Waals surface area contributed by atoms with Gasteiger partial charge < -0.3 is 4.90 Å². The van der Waals surface area contributed by atoms with Gasteiger partial charge in [-0.05, 0) is 38.9 Å². The summed E-state index contributed by atoms with van der Waals surface area (Å²) in [6, 6.07) is 0.653. The molecular formula is C11H20N4S. The Bertz CT molecular complexity index is 389. The first-order valence-electron chi connectivity index (χ1n) is 6.19. The van der Waals surface area contributed by atoms with Gasteiger partial charge in [-0.1, -0.05) is 12.8 Å². The molecule has 0 atom stereocenters. The van der Waals surface area contributed by atoms with Crippen molar-refractivity contribution in [3.05, 3.63) is 4.77 Å². The molecule has 2 rings (SSSR count). The molecule has 0 amide bonds. The van der Waals surface area contributed by atoms with Gasteiger partial charge in [0.25, 0.3) is 0 Å². The highest BCUT2D eigenvalue weighted by Gasteiger charge is 2.24. The Hall–Kier alpha value is -0.840. The van der Waals surface area contributed by atoms with Crippen LogP contribution < -0.4 is 4.90 Å². The van der Waals surface area contributed by atoms with Gasteiger partial charge in [-0.15, -0.1) is 5.10 Å². The van der Waals surface area contributed by atoms with E-state index in [1.54, 1.807) is 0 Å². The standard InChI is InChI=1S/C11H20N4S/c1-3-14(9-7-5-6-8-9)10-12-13-11(16)15(10)4-2/h9H,3-8H2,1-2H3,(H,13,16). The maximum atomic E-state index is 5.23. The van der Waals surface area contributed by atoms with Crippen molar-refractivity contribution in [2.45, 2.75) is 52.1 Å². The third-order valence-corrected chi connectivity index (χ3v) is 3.73. The first kappa shape index (κ1) is 11.6. The second-order valence-corrected chi connectivity index (χ2v) is 4.68. The summed E-state index contributed by atoms with van der Waals surface area (Å²) in [4.78, 5) is 2.39. The number of hydrogen-bond donors (Lipinski definition) is 1. The van der Waals surface area contributed by atoms with E-state index in [4.69, 9.17) is 12.2 Å². The number of nitrogens with one attached hydrogen (secondary N) is 1. The van der Waals surface area contributed by atoms with Gasteiger partial charge in [0.15, 0.2) is 4.77 Å². The highest BCUT2D eigenvalue weighted by Crippen LogP contribution is 2.26. The number of hydrogen-bond acceptors (Lipinski definition) is 3. The lowest BCUT2D eigenvalue weighted by molar-refractivity contribution is 0.584. The van der Waals surface area contributed by atoms with Gasteiger partial charge in [0.2, 0.25) is 5.95 Å². The van der Waals surface area contributed by atoms with Crippen molar-refractivity contribution in [2.75, 3.05) is 11.4 Å². The van der Waals surface area contributed by atoms with Crippen molar-refractivity contribution < 1.29 is 0 Å². The number of anilines is 1. The van der Waals surface area contributed by atoms with Crippen LogP contribution in [-0.2, 0) is 6.54 Å². The quantitative estimate of drug-likeness (QED) is 0.822. The molecule has 1 aliphatic carbocycles. The normalized spacial score (nSPS) is 16.9. The zero-order valence-corrected chi connectivity index (χ0v) is 10.9. The Labute approximate surface area is 102 Å². The van der Waals surface area contributed by atoms with Crippen LogP contribution in [0.4, 0.5) is 5.95 Å². The predicted molar refractivity (Wildman–Crippen MR) is 68.4 cm³/mol. The van der Waals surface area contributed by atoms with Crippen molar-refractivity contribution in [1.29, 1.82) is 0 Å². The maximum absolute atomic E-state index is 5.23. The smallest absolute Gasteiger partial charge is 0.225 e. The van der Waals surface area contributed by atoms with Crippen molar-refractivity contribution in [3.8, 4) is 0 Å². The summed E-state index contributed by atoms with van der Waals surface area (Å²) >= 11 is 5.23. The van der Waals surface area contributed by atoms with Crippen LogP contribution in [0.15, 0.2) is 0 Å². The first-order valence-corrected chi connectivity index (χ1v) is 6.60. The Morgan fingerprint density at radius 2 is 2.12 bits per heavy atom. The fourth-order valence-electron chi connectivity index (χ4n) is 2.59. The van der Waals surface area contributed by atoms with E-state index in [2.05, 4.69) is 33.5 Å². The largest absolute Gasteiger partial charge is 0.338 e. The molecule has 1 aliphatic rings. The lowest BCUT2D eigenvalue weighted by Gasteiger charge is -2.28. The zero-order chi connectivity index (χ0) is 11.5. The lowest BCUT2D eigenvalue weighted by Crippen LogP contribution is -2.35. The van der Waals surface area contributed by atoms with Crippen LogP contribution in [0.2, 0.25) is 0 Å². The molecule has 1 N–H and O–H groups in total. The van der Waals surface area contributed by atoms with E-state index >= 15 is 0 Å². The minimum absolute atomic E-state index is 0.653. The molecule has 1 aromatic rings. The number of nitrogens with zero attached hydrogens (tertiary/aromatic N) is 3. The monoisotopic (exact) mass is 240 g/mol. The second kappa shape index (κ2) is 4.99. The topological polar surface area (TPSA) is 36.9 Å². The SMILES string of the molecule is CCN(c1n[nH]c(=S)n1CC)C1CCCC1. The van der Waals surface area contributed by atoms with Gasteiger partial charge in [0.05, 0.1) is 0 Å². The Kier molecular flexibility index (Phi) is 3.63. The van der Waals surface area contributed by atoms with E-state index in [1.165, 1.54) is 25.7 Å². The van der Waals surface area contributed by atoms with Crippen LogP contribution in [0.1, 0.15) is 39.5 Å². The number of aromatic nitrogens is 3. The third kappa shape index (κ3) is 2.00. The summed E-state index contributed by atoms with van der Waals surface area (Å²) in [7, 11) is 0. The molecule has 0 saturated heterocycles. The van der Waals surface area contributed by atoms with Crippen LogP contribution in [0, 0.1) is 4.77 Å². The van der Waals surface area contributed by atoms with E-state index in [-0.39, 0.29) is 0 Å². The van der Waals surface area contributed by atoms with Crippen LogP contribution in [0.5, 0.6) is 0 Å². The molecule has 90 valence electrons. The summed E-state index contributed by atoms with van der Waals surface area (Å²) in [6.45, 7) is 6.19. The predicted octanol–water partition coefficient (Wildman–Crippen LogP) is 2.73. The Morgan fingerprint density at radius 1 is 1.44 bits per heavy atom. The second-order valence-electron chi connectivity index (χ2n) is 4.30. The molecule has 1 saturated carbocycles. The maximum Gasteiger partial charge on any atom is 0.225 e. The fourth-order valence-corrected chi connectivity index (χ4v) is 2.85. The molecular weight excluding hydrogens is 220 g/mol. The molecule has 0 radical (unpaired) electrons. The Balaban J connectivity index is 2.28.